The molecule has 4 nitrogen and oxygen atoms in total. The molecule has 0 bridgehead atoms. The molecule has 0 saturated carbocycles. The maximum Gasteiger partial charge on any atom is 0.172 e. The Labute approximate surface area is 121 Å². The smallest absolute Gasteiger partial charge is 0.172 e. The minimum Gasteiger partial charge on any atom is -0.296 e. The van der Waals surface area contributed by atoms with E-state index in [2.05, 4.69) is 10.3 Å². The van der Waals surface area contributed by atoms with Gasteiger partial charge in [-0.2, -0.15) is 0 Å². The van der Waals surface area contributed by atoms with E-state index in [1.165, 1.54) is 0 Å². The summed E-state index contributed by atoms with van der Waals surface area (Å²) in [5.41, 5.74) is 2.07. The zero-order chi connectivity index (χ0) is 14.0. The van der Waals surface area contributed by atoms with Crippen molar-refractivity contribution in [3.63, 3.8) is 0 Å². The van der Waals surface area contributed by atoms with Gasteiger partial charge in [0.15, 0.2) is 6.29 Å². The van der Waals surface area contributed by atoms with Crippen molar-refractivity contribution >= 4 is 29.5 Å². The molecular weight excluding hydrogens is 285 g/mol. The van der Waals surface area contributed by atoms with Crippen LogP contribution in [0.3, 0.4) is 0 Å². The summed E-state index contributed by atoms with van der Waals surface area (Å²) in [6.07, 6.45) is 0.725. The SMILES string of the molecule is CC(C)c1c(C=O)nnn1Cc1ccc(Cl)cc1Cl. The van der Waals surface area contributed by atoms with E-state index in [0.717, 1.165) is 17.5 Å². The average Bonchev–Trinajstić information content (AvgIpc) is 2.75. The third kappa shape index (κ3) is 2.96. The van der Waals surface area contributed by atoms with Gasteiger partial charge in [-0.3, -0.25) is 4.79 Å². The molecular formula is C13H13Cl2N3O. The van der Waals surface area contributed by atoms with Crippen molar-refractivity contribution < 1.29 is 4.79 Å². The highest BCUT2D eigenvalue weighted by Crippen LogP contribution is 2.23. The maximum atomic E-state index is 10.9. The topological polar surface area (TPSA) is 47.8 Å². The standard InChI is InChI=1S/C13H13Cl2N3O/c1-8(2)13-12(7-19)16-17-18(13)6-9-3-4-10(14)5-11(9)15/h3-5,7-8H,6H2,1-2H3. The molecule has 0 saturated heterocycles. The number of halogens is 2. The first-order chi connectivity index (χ1) is 9.02. The van der Waals surface area contributed by atoms with Crippen molar-refractivity contribution in [1.29, 1.82) is 0 Å². The largest absolute Gasteiger partial charge is 0.296 e. The van der Waals surface area contributed by atoms with Gasteiger partial charge in [-0.15, -0.1) is 5.10 Å². The molecule has 100 valence electrons. The van der Waals surface area contributed by atoms with E-state index < -0.39 is 0 Å². The van der Waals surface area contributed by atoms with E-state index in [9.17, 15) is 4.79 Å². The van der Waals surface area contributed by atoms with Crippen LogP contribution in [0.5, 0.6) is 0 Å². The van der Waals surface area contributed by atoms with Crippen LogP contribution < -0.4 is 0 Å². The number of carbonyl (C=O) groups is 1. The highest BCUT2D eigenvalue weighted by Gasteiger charge is 2.16. The minimum atomic E-state index is 0.154. The van der Waals surface area contributed by atoms with Gasteiger partial charge in [-0.05, 0) is 23.6 Å². The summed E-state index contributed by atoms with van der Waals surface area (Å²) < 4.78 is 1.70. The summed E-state index contributed by atoms with van der Waals surface area (Å²) in [5.74, 6) is 0.154. The Morgan fingerprint density at radius 2 is 2.11 bits per heavy atom. The van der Waals surface area contributed by atoms with E-state index in [1.54, 1.807) is 16.8 Å². The van der Waals surface area contributed by atoms with Gasteiger partial charge < -0.3 is 0 Å². The average molecular weight is 298 g/mol. The second-order valence-corrected chi connectivity index (χ2v) is 5.37. The van der Waals surface area contributed by atoms with Gasteiger partial charge in [0.1, 0.15) is 5.69 Å². The number of benzene rings is 1. The van der Waals surface area contributed by atoms with Crippen molar-refractivity contribution in [1.82, 2.24) is 15.0 Å². The summed E-state index contributed by atoms with van der Waals surface area (Å²) in [6, 6.07) is 5.30. The maximum absolute atomic E-state index is 10.9. The molecule has 0 aliphatic carbocycles. The van der Waals surface area contributed by atoms with Gasteiger partial charge in [-0.1, -0.05) is 48.3 Å². The van der Waals surface area contributed by atoms with Crippen LogP contribution in [0.2, 0.25) is 10.0 Å². The summed E-state index contributed by atoms with van der Waals surface area (Å²) >= 11 is 12.0. The molecule has 0 radical (unpaired) electrons. The molecule has 0 unspecified atom stereocenters. The number of aldehydes is 1. The van der Waals surface area contributed by atoms with Crippen molar-refractivity contribution in [2.75, 3.05) is 0 Å². The fourth-order valence-corrected chi connectivity index (χ4v) is 2.41. The van der Waals surface area contributed by atoms with Gasteiger partial charge in [0.2, 0.25) is 0 Å². The molecule has 2 aromatic rings. The van der Waals surface area contributed by atoms with Crippen LogP contribution in [0.4, 0.5) is 0 Å². The Balaban J connectivity index is 2.38. The van der Waals surface area contributed by atoms with E-state index in [4.69, 9.17) is 23.2 Å². The second-order valence-electron chi connectivity index (χ2n) is 4.53. The Morgan fingerprint density at radius 1 is 1.37 bits per heavy atom. The molecule has 0 aliphatic heterocycles. The van der Waals surface area contributed by atoms with Crippen molar-refractivity contribution in [2.24, 2.45) is 0 Å². The first-order valence-corrected chi connectivity index (χ1v) is 6.61. The van der Waals surface area contributed by atoms with Gasteiger partial charge in [0, 0.05) is 10.0 Å². The van der Waals surface area contributed by atoms with Crippen LogP contribution in [0.15, 0.2) is 18.2 Å². The lowest BCUT2D eigenvalue weighted by molar-refractivity contribution is 0.111. The van der Waals surface area contributed by atoms with Crippen molar-refractivity contribution in [2.45, 2.75) is 26.3 Å². The molecule has 0 aliphatic rings. The van der Waals surface area contributed by atoms with Gasteiger partial charge in [0.05, 0.1) is 12.2 Å². The van der Waals surface area contributed by atoms with Crippen LogP contribution in [-0.4, -0.2) is 21.3 Å². The highest BCUT2D eigenvalue weighted by atomic mass is 35.5. The lowest BCUT2D eigenvalue weighted by Gasteiger charge is -2.10. The molecule has 1 aromatic carbocycles. The molecule has 0 fully saturated rings. The first-order valence-electron chi connectivity index (χ1n) is 5.85. The fraction of sp³-hybridized carbons (Fsp3) is 0.308. The quantitative estimate of drug-likeness (QED) is 0.811. The number of carbonyl (C=O) groups excluding carboxylic acids is 1. The number of rotatable bonds is 4. The second kappa shape index (κ2) is 5.72. The van der Waals surface area contributed by atoms with Crippen LogP contribution in [0.1, 0.15) is 41.5 Å². The fourth-order valence-electron chi connectivity index (χ4n) is 1.94. The zero-order valence-corrected chi connectivity index (χ0v) is 12.1. The molecule has 1 heterocycles. The monoisotopic (exact) mass is 297 g/mol. The Morgan fingerprint density at radius 3 is 2.68 bits per heavy atom. The molecule has 0 spiro atoms. The van der Waals surface area contributed by atoms with Gasteiger partial charge in [-0.25, -0.2) is 4.68 Å². The molecule has 2 rings (SSSR count). The molecule has 1 aromatic heterocycles. The Kier molecular flexibility index (Phi) is 4.22. The zero-order valence-electron chi connectivity index (χ0n) is 10.6. The predicted octanol–water partition coefficient (Wildman–Crippen LogP) is 3.57. The molecule has 0 N–H and O–H groups in total. The van der Waals surface area contributed by atoms with Crippen molar-refractivity contribution in [3.8, 4) is 0 Å². The number of hydrogen-bond donors (Lipinski definition) is 0. The number of nitrogens with zero attached hydrogens (tertiary/aromatic N) is 3. The molecule has 6 heteroatoms. The third-order valence-corrected chi connectivity index (χ3v) is 3.38. The molecule has 0 atom stereocenters. The van der Waals surface area contributed by atoms with Crippen LogP contribution in [0.25, 0.3) is 0 Å². The first kappa shape index (κ1) is 14.0. The molecule has 0 amide bonds. The van der Waals surface area contributed by atoms with Gasteiger partial charge in [0.25, 0.3) is 0 Å². The summed E-state index contributed by atoms with van der Waals surface area (Å²) in [5, 5.41) is 9.05. The Bertz CT molecular complexity index is 608. The van der Waals surface area contributed by atoms with E-state index in [0.29, 0.717) is 22.3 Å². The third-order valence-electron chi connectivity index (χ3n) is 2.79. The summed E-state index contributed by atoms with van der Waals surface area (Å²) in [6.45, 7) is 4.45. The van der Waals surface area contributed by atoms with Crippen LogP contribution in [-0.2, 0) is 6.54 Å². The Hall–Kier alpha value is -1.39. The summed E-state index contributed by atoms with van der Waals surface area (Å²) in [7, 11) is 0. The number of aromatic nitrogens is 3. The highest BCUT2D eigenvalue weighted by molar-refractivity contribution is 6.35. The van der Waals surface area contributed by atoms with Crippen LogP contribution >= 0.6 is 23.2 Å². The predicted molar refractivity (Wildman–Crippen MR) is 75.1 cm³/mol. The minimum absolute atomic E-state index is 0.154. The van der Waals surface area contributed by atoms with Crippen LogP contribution in [0, 0.1) is 0 Å². The van der Waals surface area contributed by atoms with Gasteiger partial charge >= 0.3 is 0 Å². The number of hydrogen-bond acceptors (Lipinski definition) is 3. The summed E-state index contributed by atoms with van der Waals surface area (Å²) in [4.78, 5) is 10.9. The lowest BCUT2D eigenvalue weighted by Crippen LogP contribution is -2.09. The van der Waals surface area contributed by atoms with E-state index in [1.807, 2.05) is 19.9 Å². The lowest BCUT2D eigenvalue weighted by atomic mass is 10.1. The van der Waals surface area contributed by atoms with Crippen molar-refractivity contribution in [3.05, 3.63) is 45.2 Å². The molecule has 19 heavy (non-hydrogen) atoms. The van der Waals surface area contributed by atoms with E-state index >= 15 is 0 Å². The van der Waals surface area contributed by atoms with E-state index in [-0.39, 0.29) is 5.92 Å². The normalized spacial score (nSPS) is 11.0.